The molecular formula is C71H41N7O. The van der Waals surface area contributed by atoms with E-state index in [4.69, 9.17) is 14.4 Å². The summed E-state index contributed by atoms with van der Waals surface area (Å²) in [5.41, 5.74) is 16.1. The average molecular weight is 1010 g/mol. The highest BCUT2D eigenvalue weighted by Gasteiger charge is 2.27. The number of hydrogen-bond donors (Lipinski definition) is 0. The zero-order valence-electron chi connectivity index (χ0n) is 42.2. The van der Waals surface area contributed by atoms with E-state index in [1.54, 1.807) is 0 Å². The summed E-state index contributed by atoms with van der Waals surface area (Å²) in [4.78, 5) is 10.7. The summed E-state index contributed by atoms with van der Waals surface area (Å²) < 4.78 is 16.0. The van der Waals surface area contributed by atoms with Crippen LogP contribution in [-0.2, 0) is 0 Å². The first-order chi connectivity index (χ1) is 39.2. The highest BCUT2D eigenvalue weighted by Crippen LogP contribution is 2.46. The Bertz CT molecular complexity index is 5190. The van der Waals surface area contributed by atoms with Gasteiger partial charge in [-0.3, -0.25) is 0 Å². The van der Waals surface area contributed by atoms with Crippen molar-refractivity contribution in [2.45, 2.75) is 0 Å². The molecule has 0 spiro atoms. The van der Waals surface area contributed by atoms with Crippen LogP contribution in [0.25, 0.3) is 155 Å². The fourth-order valence-electron chi connectivity index (χ4n) is 12.9. The normalized spacial score (nSPS) is 12.0. The van der Waals surface area contributed by atoms with Gasteiger partial charge in [-0.15, -0.1) is 0 Å². The van der Waals surface area contributed by atoms with Crippen LogP contribution in [0.5, 0.6) is 0 Å². The topological polar surface area (TPSA) is 82.4 Å². The monoisotopic (exact) mass is 1010 g/mol. The molecule has 6 aromatic heterocycles. The van der Waals surface area contributed by atoms with E-state index >= 15 is 0 Å². The van der Waals surface area contributed by atoms with Gasteiger partial charge in [0.25, 0.3) is 0 Å². The third kappa shape index (κ3) is 6.18. The molecule has 0 radical (unpaired) electrons. The summed E-state index contributed by atoms with van der Waals surface area (Å²) in [5.74, 6) is 0.540. The molecule has 0 unspecified atom stereocenters. The van der Waals surface area contributed by atoms with E-state index in [-0.39, 0.29) is 0 Å². The first-order valence-corrected chi connectivity index (χ1v) is 26.5. The van der Waals surface area contributed by atoms with Gasteiger partial charge in [0.2, 0.25) is 5.71 Å². The number of furan rings is 1. The SMILES string of the molecule is N#Cc1c(-n2c3ccccc3c3cc4c(cc32)c2ccccc2n4-c2ccccc2)cc(-c2nc(-c3ccccc3)nc3oc4ccccc4c23)cc1-n1c2ccccc2c2cc3c(cc21)c1ccccc1n3-c1ccccc1. The molecule has 6 heterocycles. The van der Waals surface area contributed by atoms with Gasteiger partial charge in [-0.25, -0.2) is 4.98 Å². The number of benzene rings is 11. The van der Waals surface area contributed by atoms with Crippen molar-refractivity contribution in [3.8, 4) is 51.5 Å². The number of nitrogens with zero attached hydrogens (tertiary/aromatic N) is 7. The summed E-state index contributed by atoms with van der Waals surface area (Å²) >= 11 is 0. The van der Waals surface area contributed by atoms with E-state index in [9.17, 15) is 5.26 Å². The molecule has 0 aliphatic heterocycles. The molecule has 0 saturated heterocycles. The first-order valence-electron chi connectivity index (χ1n) is 26.5. The number of rotatable bonds is 6. The molecule has 17 aromatic rings. The van der Waals surface area contributed by atoms with Gasteiger partial charge in [0.05, 0.1) is 66.6 Å². The maximum atomic E-state index is 12.2. The molecule has 0 saturated carbocycles. The Kier molecular flexibility index (Phi) is 9.03. The minimum Gasteiger partial charge on any atom is -0.438 e. The zero-order valence-corrected chi connectivity index (χ0v) is 42.2. The lowest BCUT2D eigenvalue weighted by molar-refractivity contribution is 0.653. The summed E-state index contributed by atoms with van der Waals surface area (Å²) in [7, 11) is 0. The van der Waals surface area contributed by atoms with Gasteiger partial charge in [-0.2, -0.15) is 10.2 Å². The van der Waals surface area contributed by atoms with Crippen LogP contribution in [0.4, 0.5) is 0 Å². The van der Waals surface area contributed by atoms with Crippen LogP contribution in [0.1, 0.15) is 5.56 Å². The smallest absolute Gasteiger partial charge is 0.231 e. The van der Waals surface area contributed by atoms with Crippen molar-refractivity contribution in [1.82, 2.24) is 28.2 Å². The van der Waals surface area contributed by atoms with Crippen LogP contribution in [-0.4, -0.2) is 28.2 Å². The number of hydrogen-bond acceptors (Lipinski definition) is 4. The standard InChI is InChI=1S/C71H41N7O/c72-42-56-61(77-59-33-17-12-28-49(59)54-38-63-52(40-65(54)77)47-26-10-15-31-57(47)75(63)45-22-6-2-7-23-45)36-44(69-68-51-30-14-19-35-67(51)79-71(68)74-70(73-69)43-20-4-1-5-21-43)37-62(56)78-60-34-18-13-29-50(60)55-39-64-53(41-66(55)78)48-27-11-16-32-58(48)76(64)46-24-8-3-9-25-46/h1-41H. The van der Waals surface area contributed by atoms with Crippen molar-refractivity contribution >= 4 is 109 Å². The Morgan fingerprint density at radius 2 is 0.709 bits per heavy atom. The average Bonchev–Trinajstić information content (AvgIpc) is 4.03. The van der Waals surface area contributed by atoms with E-state index in [0.29, 0.717) is 22.8 Å². The Balaban J connectivity index is 1.04. The quantitative estimate of drug-likeness (QED) is 0.166. The van der Waals surface area contributed by atoms with Crippen molar-refractivity contribution in [2.24, 2.45) is 0 Å². The van der Waals surface area contributed by atoms with Crippen molar-refractivity contribution in [3.05, 3.63) is 254 Å². The molecule has 8 nitrogen and oxygen atoms in total. The van der Waals surface area contributed by atoms with Crippen molar-refractivity contribution in [1.29, 1.82) is 5.26 Å². The van der Waals surface area contributed by atoms with Crippen LogP contribution in [0.3, 0.4) is 0 Å². The maximum Gasteiger partial charge on any atom is 0.231 e. The fraction of sp³-hybridized carbons (Fsp3) is 0. The first kappa shape index (κ1) is 43.3. The van der Waals surface area contributed by atoms with Crippen LogP contribution in [0.15, 0.2) is 253 Å². The van der Waals surface area contributed by atoms with Gasteiger partial charge in [0.1, 0.15) is 17.2 Å². The van der Waals surface area contributed by atoms with Gasteiger partial charge < -0.3 is 22.7 Å². The minimum absolute atomic E-state index is 0.487. The minimum atomic E-state index is 0.487. The predicted molar refractivity (Wildman–Crippen MR) is 322 cm³/mol. The molecule has 0 bridgehead atoms. The van der Waals surface area contributed by atoms with Crippen LogP contribution >= 0.6 is 0 Å². The molecule has 17 rings (SSSR count). The van der Waals surface area contributed by atoms with Gasteiger partial charge >= 0.3 is 0 Å². The molecule has 0 N–H and O–H groups in total. The van der Waals surface area contributed by atoms with E-state index in [0.717, 1.165) is 137 Å². The Labute approximate surface area is 450 Å². The van der Waals surface area contributed by atoms with Crippen LogP contribution < -0.4 is 0 Å². The van der Waals surface area contributed by atoms with Crippen molar-refractivity contribution in [2.75, 3.05) is 0 Å². The molecule has 0 aliphatic rings. The summed E-state index contributed by atoms with van der Waals surface area (Å²) in [6.45, 7) is 0. The number of para-hydroxylation sites is 7. The number of nitriles is 1. The lowest BCUT2D eigenvalue weighted by Crippen LogP contribution is -2.06. The summed E-state index contributed by atoms with van der Waals surface area (Å²) in [6, 6.07) is 90.3. The van der Waals surface area contributed by atoms with Crippen LogP contribution in [0, 0.1) is 11.3 Å². The highest BCUT2D eigenvalue weighted by molar-refractivity contribution is 6.21. The lowest BCUT2D eigenvalue weighted by Gasteiger charge is -2.19. The Morgan fingerprint density at radius 3 is 1.16 bits per heavy atom. The zero-order chi connectivity index (χ0) is 51.9. The largest absolute Gasteiger partial charge is 0.438 e. The lowest BCUT2D eigenvalue weighted by atomic mass is 10.00. The predicted octanol–water partition coefficient (Wildman–Crippen LogP) is 18.0. The third-order valence-corrected chi connectivity index (χ3v) is 16.2. The Hall–Kier alpha value is -11.0. The van der Waals surface area contributed by atoms with E-state index in [1.807, 2.05) is 48.5 Å². The molecule has 11 aromatic carbocycles. The second-order valence-corrected chi connectivity index (χ2v) is 20.4. The molecule has 0 aliphatic carbocycles. The van der Waals surface area contributed by atoms with Gasteiger partial charge in [-0.1, -0.05) is 158 Å². The third-order valence-electron chi connectivity index (χ3n) is 16.2. The van der Waals surface area contributed by atoms with E-state index in [1.165, 1.54) is 0 Å². The second kappa shape index (κ2) is 16.5. The molecule has 8 heteroatoms. The van der Waals surface area contributed by atoms with Crippen molar-refractivity contribution in [3.63, 3.8) is 0 Å². The number of aromatic nitrogens is 6. The Morgan fingerprint density at radius 1 is 0.329 bits per heavy atom. The summed E-state index contributed by atoms with van der Waals surface area (Å²) in [6.07, 6.45) is 0. The van der Waals surface area contributed by atoms with E-state index < -0.39 is 0 Å². The van der Waals surface area contributed by atoms with Gasteiger partial charge in [0.15, 0.2) is 5.82 Å². The number of fused-ring (bicyclic) bond motifs is 15. The highest BCUT2D eigenvalue weighted by atomic mass is 16.3. The van der Waals surface area contributed by atoms with Gasteiger partial charge in [0, 0.05) is 71.0 Å². The van der Waals surface area contributed by atoms with Crippen molar-refractivity contribution < 1.29 is 4.42 Å². The fourth-order valence-corrected chi connectivity index (χ4v) is 12.9. The molecule has 366 valence electrons. The molecule has 0 amide bonds. The molecule has 79 heavy (non-hydrogen) atoms. The maximum absolute atomic E-state index is 12.2. The summed E-state index contributed by atoms with van der Waals surface area (Å²) in [5, 5.41) is 22.7. The second-order valence-electron chi connectivity index (χ2n) is 20.4. The molecule has 0 fully saturated rings. The van der Waals surface area contributed by atoms with E-state index in [2.05, 4.69) is 225 Å². The van der Waals surface area contributed by atoms with Crippen LogP contribution in [0.2, 0.25) is 0 Å². The molecular weight excluding hydrogens is 967 g/mol. The van der Waals surface area contributed by atoms with Gasteiger partial charge in [-0.05, 0) is 91.0 Å². The molecule has 0 atom stereocenters.